The molecule has 2 aliphatic rings. The lowest BCUT2D eigenvalue weighted by Crippen LogP contribution is -2.48. The van der Waals surface area contributed by atoms with Gasteiger partial charge in [0.25, 0.3) is 5.91 Å². The Labute approximate surface area is 166 Å². The van der Waals surface area contributed by atoms with Gasteiger partial charge in [0, 0.05) is 31.7 Å². The number of amides is 1. The number of carbonyl (C=O) groups excluding carboxylic acids is 1. The Balaban J connectivity index is 1.89. The molecule has 3 unspecified atom stereocenters. The second kappa shape index (κ2) is 8.07. The molecule has 0 spiro atoms. The van der Waals surface area contributed by atoms with E-state index in [0.717, 1.165) is 12.8 Å². The summed E-state index contributed by atoms with van der Waals surface area (Å²) in [5.74, 6) is 0.313. The number of hydrogen-bond acceptors (Lipinski definition) is 4. The first-order valence-corrected chi connectivity index (χ1v) is 11.2. The van der Waals surface area contributed by atoms with E-state index in [9.17, 15) is 13.2 Å². The average Bonchev–Trinajstić information content (AvgIpc) is 2.60. The number of hydrogen-bond donors (Lipinski definition) is 0. The molecule has 2 saturated heterocycles. The molecule has 6 nitrogen and oxygen atoms in total. The fourth-order valence-electron chi connectivity index (χ4n) is 3.86. The van der Waals surface area contributed by atoms with Gasteiger partial charge in [0.1, 0.15) is 4.90 Å². The molecule has 3 atom stereocenters. The molecule has 0 N–H and O–H groups in total. The van der Waals surface area contributed by atoms with Crippen molar-refractivity contribution in [3.63, 3.8) is 0 Å². The Hall–Kier alpha value is -1.15. The van der Waals surface area contributed by atoms with Gasteiger partial charge in [-0.05, 0) is 50.8 Å². The number of halogens is 1. The minimum atomic E-state index is -3.81. The zero-order valence-electron chi connectivity index (χ0n) is 16.0. The number of piperidine rings is 1. The summed E-state index contributed by atoms with van der Waals surface area (Å²) in [6.07, 6.45) is 1.69. The highest BCUT2D eigenvalue weighted by molar-refractivity contribution is 7.89. The van der Waals surface area contributed by atoms with E-state index in [1.807, 2.05) is 13.8 Å². The summed E-state index contributed by atoms with van der Waals surface area (Å²) in [7, 11) is -3.81. The van der Waals surface area contributed by atoms with Gasteiger partial charge in [-0.3, -0.25) is 4.79 Å². The average molecular weight is 415 g/mol. The first-order valence-electron chi connectivity index (χ1n) is 9.43. The third-order valence-electron chi connectivity index (χ3n) is 5.13. The molecule has 0 radical (unpaired) electrons. The normalized spacial score (nSPS) is 27.6. The fraction of sp³-hybridized carbons (Fsp3) is 0.632. The molecule has 2 heterocycles. The van der Waals surface area contributed by atoms with Crippen LogP contribution in [-0.4, -0.2) is 61.9 Å². The molecular formula is C19H27ClN2O4S. The van der Waals surface area contributed by atoms with Gasteiger partial charge in [-0.2, -0.15) is 4.31 Å². The molecule has 3 rings (SSSR count). The second-order valence-corrected chi connectivity index (χ2v) is 10.0. The molecular weight excluding hydrogens is 388 g/mol. The van der Waals surface area contributed by atoms with Crippen molar-refractivity contribution in [1.82, 2.24) is 9.21 Å². The van der Waals surface area contributed by atoms with E-state index in [0.29, 0.717) is 24.6 Å². The molecule has 2 aliphatic heterocycles. The van der Waals surface area contributed by atoms with Crippen LogP contribution < -0.4 is 0 Å². The second-order valence-electron chi connectivity index (χ2n) is 7.72. The largest absolute Gasteiger partial charge is 0.373 e. The van der Waals surface area contributed by atoms with E-state index in [1.165, 1.54) is 16.4 Å². The van der Waals surface area contributed by atoms with Crippen molar-refractivity contribution < 1.29 is 17.9 Å². The Kier molecular flexibility index (Phi) is 6.15. The number of likely N-dealkylation sites (tertiary alicyclic amines) is 1. The van der Waals surface area contributed by atoms with Crippen LogP contribution in [-0.2, 0) is 14.8 Å². The molecule has 0 aliphatic carbocycles. The van der Waals surface area contributed by atoms with Crippen molar-refractivity contribution in [2.24, 2.45) is 5.92 Å². The molecule has 27 heavy (non-hydrogen) atoms. The van der Waals surface area contributed by atoms with Crippen LogP contribution in [0.4, 0.5) is 0 Å². The van der Waals surface area contributed by atoms with Crippen LogP contribution >= 0.6 is 11.6 Å². The Morgan fingerprint density at radius 1 is 1.15 bits per heavy atom. The van der Waals surface area contributed by atoms with Gasteiger partial charge in [-0.25, -0.2) is 8.42 Å². The van der Waals surface area contributed by atoms with Crippen molar-refractivity contribution in [3.05, 3.63) is 28.8 Å². The number of nitrogens with zero attached hydrogens (tertiary/aromatic N) is 2. The SMILES string of the molecule is CC1CCCN(C(=O)c2ccc(Cl)c(S(=O)(=O)N3CC(C)OC(C)C3)c2)C1. The van der Waals surface area contributed by atoms with Crippen LogP contribution in [0.15, 0.2) is 23.1 Å². The number of benzene rings is 1. The number of sulfonamides is 1. The third kappa shape index (κ3) is 4.47. The Morgan fingerprint density at radius 3 is 2.44 bits per heavy atom. The minimum absolute atomic E-state index is 0.0126. The maximum absolute atomic E-state index is 13.2. The molecule has 0 saturated carbocycles. The van der Waals surface area contributed by atoms with Gasteiger partial charge in [-0.1, -0.05) is 18.5 Å². The van der Waals surface area contributed by atoms with Crippen LogP contribution in [0.25, 0.3) is 0 Å². The summed E-state index contributed by atoms with van der Waals surface area (Å²) in [6.45, 7) is 7.75. The third-order valence-corrected chi connectivity index (χ3v) is 7.44. The van der Waals surface area contributed by atoms with E-state index < -0.39 is 10.0 Å². The smallest absolute Gasteiger partial charge is 0.253 e. The quantitative estimate of drug-likeness (QED) is 0.762. The van der Waals surface area contributed by atoms with E-state index in [4.69, 9.17) is 16.3 Å². The number of carbonyl (C=O) groups is 1. The first kappa shape index (κ1) is 20.6. The first-order chi connectivity index (χ1) is 12.7. The van der Waals surface area contributed by atoms with Gasteiger partial charge < -0.3 is 9.64 Å². The zero-order chi connectivity index (χ0) is 19.8. The highest BCUT2D eigenvalue weighted by Gasteiger charge is 2.34. The standard InChI is InChI=1S/C19H27ClN2O4S/c1-13-5-4-8-21(10-13)19(23)16-6-7-17(20)18(9-16)27(24,25)22-11-14(2)26-15(3)12-22/h6-7,9,13-15H,4-5,8,10-12H2,1-3H3. The van der Waals surface area contributed by atoms with E-state index in [-0.39, 0.29) is 41.1 Å². The van der Waals surface area contributed by atoms with Crippen molar-refractivity contribution >= 4 is 27.5 Å². The van der Waals surface area contributed by atoms with Crippen LogP contribution in [0.3, 0.4) is 0 Å². The van der Waals surface area contributed by atoms with Crippen LogP contribution in [0, 0.1) is 5.92 Å². The van der Waals surface area contributed by atoms with E-state index in [2.05, 4.69) is 6.92 Å². The van der Waals surface area contributed by atoms with Crippen LogP contribution in [0.1, 0.15) is 44.0 Å². The van der Waals surface area contributed by atoms with Gasteiger partial charge in [0.2, 0.25) is 10.0 Å². The van der Waals surface area contributed by atoms with Crippen LogP contribution in [0.5, 0.6) is 0 Å². The predicted molar refractivity (Wildman–Crippen MR) is 105 cm³/mol. The van der Waals surface area contributed by atoms with Crippen LogP contribution in [0.2, 0.25) is 5.02 Å². The number of ether oxygens (including phenoxy) is 1. The lowest BCUT2D eigenvalue weighted by Gasteiger charge is -2.34. The number of rotatable bonds is 3. The minimum Gasteiger partial charge on any atom is -0.373 e. The van der Waals surface area contributed by atoms with Crippen molar-refractivity contribution in [2.75, 3.05) is 26.2 Å². The maximum atomic E-state index is 13.2. The number of morpholine rings is 1. The van der Waals surface area contributed by atoms with Gasteiger partial charge in [0.05, 0.1) is 17.2 Å². The van der Waals surface area contributed by atoms with E-state index in [1.54, 1.807) is 11.0 Å². The van der Waals surface area contributed by atoms with E-state index >= 15 is 0 Å². The molecule has 1 aromatic rings. The summed E-state index contributed by atoms with van der Waals surface area (Å²) >= 11 is 6.22. The van der Waals surface area contributed by atoms with Gasteiger partial charge >= 0.3 is 0 Å². The fourth-order valence-corrected chi connectivity index (χ4v) is 5.95. The molecule has 2 fully saturated rings. The van der Waals surface area contributed by atoms with Crippen molar-refractivity contribution in [2.45, 2.75) is 50.7 Å². The lowest BCUT2D eigenvalue weighted by atomic mass is 9.99. The highest BCUT2D eigenvalue weighted by Crippen LogP contribution is 2.29. The van der Waals surface area contributed by atoms with Gasteiger partial charge in [-0.15, -0.1) is 0 Å². The monoisotopic (exact) mass is 414 g/mol. The maximum Gasteiger partial charge on any atom is 0.253 e. The zero-order valence-corrected chi connectivity index (χ0v) is 17.6. The molecule has 0 aromatic heterocycles. The Bertz CT molecular complexity index is 804. The summed E-state index contributed by atoms with van der Waals surface area (Å²) in [6, 6.07) is 4.53. The lowest BCUT2D eigenvalue weighted by molar-refractivity contribution is -0.0440. The highest BCUT2D eigenvalue weighted by atomic mass is 35.5. The van der Waals surface area contributed by atoms with Crippen molar-refractivity contribution in [1.29, 1.82) is 0 Å². The predicted octanol–water partition coefficient (Wildman–Crippen LogP) is 3.01. The van der Waals surface area contributed by atoms with Crippen molar-refractivity contribution in [3.8, 4) is 0 Å². The Morgan fingerprint density at radius 2 is 1.81 bits per heavy atom. The summed E-state index contributed by atoms with van der Waals surface area (Å²) in [5, 5.41) is 0.130. The summed E-state index contributed by atoms with van der Waals surface area (Å²) < 4.78 is 33.3. The summed E-state index contributed by atoms with van der Waals surface area (Å²) in [4.78, 5) is 14.7. The van der Waals surface area contributed by atoms with Gasteiger partial charge in [0.15, 0.2) is 0 Å². The molecule has 0 bridgehead atoms. The topological polar surface area (TPSA) is 66.9 Å². The molecule has 150 valence electrons. The molecule has 1 amide bonds. The molecule has 8 heteroatoms. The molecule has 1 aromatic carbocycles. The summed E-state index contributed by atoms with van der Waals surface area (Å²) in [5.41, 5.74) is 0.362.